The van der Waals surface area contributed by atoms with E-state index in [2.05, 4.69) is 5.92 Å². The van der Waals surface area contributed by atoms with E-state index < -0.39 is 0 Å². The maximum Gasteiger partial charge on any atom is 0.281 e. The number of hydrogen-bond acceptors (Lipinski definition) is 4. The summed E-state index contributed by atoms with van der Waals surface area (Å²) < 4.78 is 6.76. The molecule has 0 saturated carbocycles. The molecule has 3 rings (SSSR count). The van der Waals surface area contributed by atoms with Crippen LogP contribution in [0.1, 0.15) is 0 Å². The number of aromatic nitrogens is 1. The van der Waals surface area contributed by atoms with Crippen LogP contribution in [0, 0.1) is 12.3 Å². The molecule has 0 amide bonds. The van der Waals surface area contributed by atoms with Gasteiger partial charge in [-0.25, -0.2) is 0 Å². The third-order valence-corrected chi connectivity index (χ3v) is 4.22. The van der Waals surface area contributed by atoms with Gasteiger partial charge >= 0.3 is 0 Å². The second-order valence-electron chi connectivity index (χ2n) is 4.87. The fraction of sp³-hybridized carbons (Fsp3) is 0.0526. The fourth-order valence-electron chi connectivity index (χ4n) is 2.32. The maximum absolute atomic E-state index is 12.5. The van der Waals surface area contributed by atoms with Crippen molar-refractivity contribution in [2.75, 3.05) is 6.61 Å². The van der Waals surface area contributed by atoms with Gasteiger partial charge in [0.15, 0.2) is 5.88 Å². The third-order valence-electron chi connectivity index (χ3n) is 3.30. The average Bonchev–Trinajstić information content (AvgIpc) is 2.60. The minimum atomic E-state index is -0.383. The van der Waals surface area contributed by atoms with Gasteiger partial charge in [0.25, 0.3) is 5.01 Å². The van der Waals surface area contributed by atoms with E-state index in [1.54, 1.807) is 12.1 Å². The Bertz CT molecular complexity index is 958. The number of benzene rings is 2. The SMILES string of the molecule is C#CCOc1ccccc1-c1sc(=O)cc([O-])[n+]1-c1ccccc1. The summed E-state index contributed by atoms with van der Waals surface area (Å²) in [6, 6.07) is 17.4. The van der Waals surface area contributed by atoms with Gasteiger partial charge in [0.05, 0.1) is 6.07 Å². The monoisotopic (exact) mass is 335 g/mol. The highest BCUT2D eigenvalue weighted by molar-refractivity contribution is 7.12. The van der Waals surface area contributed by atoms with E-state index in [4.69, 9.17) is 11.2 Å². The van der Waals surface area contributed by atoms with Crippen molar-refractivity contribution >= 4 is 11.3 Å². The van der Waals surface area contributed by atoms with Crippen molar-refractivity contribution in [1.82, 2.24) is 0 Å². The van der Waals surface area contributed by atoms with Gasteiger partial charge in [0.1, 0.15) is 17.9 Å². The molecule has 1 aromatic heterocycles. The minimum absolute atomic E-state index is 0.105. The zero-order valence-corrected chi connectivity index (χ0v) is 13.5. The molecule has 0 saturated heterocycles. The number of para-hydroxylation sites is 2. The Balaban J connectivity index is 2.26. The van der Waals surface area contributed by atoms with Crippen LogP contribution in [0.4, 0.5) is 0 Å². The molecule has 0 unspecified atom stereocenters. The second-order valence-corrected chi connectivity index (χ2v) is 5.86. The Hall–Kier alpha value is -3.10. The van der Waals surface area contributed by atoms with E-state index in [0.717, 1.165) is 17.4 Å². The lowest BCUT2D eigenvalue weighted by molar-refractivity contribution is -0.639. The molecule has 118 valence electrons. The molecule has 3 aromatic rings. The number of rotatable bonds is 4. The van der Waals surface area contributed by atoms with Gasteiger partial charge < -0.3 is 9.84 Å². The van der Waals surface area contributed by atoms with Crippen LogP contribution in [-0.2, 0) is 0 Å². The van der Waals surface area contributed by atoms with E-state index in [9.17, 15) is 9.90 Å². The standard InChI is InChI=1S/C19H13NO3S/c1-2-12-23-16-11-7-6-10-15(16)19-20(14-8-4-3-5-9-14)17(21)13-18(22)24-19/h1,3-11,13H,12H2. The van der Waals surface area contributed by atoms with E-state index in [1.807, 2.05) is 42.5 Å². The van der Waals surface area contributed by atoms with Crippen molar-refractivity contribution in [1.29, 1.82) is 0 Å². The van der Waals surface area contributed by atoms with Crippen LogP contribution < -0.4 is 19.2 Å². The summed E-state index contributed by atoms with van der Waals surface area (Å²) in [7, 11) is 0. The predicted octanol–water partition coefficient (Wildman–Crippen LogP) is 2.14. The molecular weight excluding hydrogens is 322 g/mol. The lowest BCUT2D eigenvalue weighted by atomic mass is 10.2. The van der Waals surface area contributed by atoms with Gasteiger partial charge in [-0.2, -0.15) is 4.57 Å². The first-order chi connectivity index (χ1) is 11.7. The first-order valence-electron chi connectivity index (χ1n) is 7.19. The lowest BCUT2D eigenvalue weighted by Gasteiger charge is -2.12. The van der Waals surface area contributed by atoms with Crippen LogP contribution in [0.25, 0.3) is 16.3 Å². The van der Waals surface area contributed by atoms with Gasteiger partial charge in [-0.15, -0.1) is 6.42 Å². The molecule has 0 atom stereocenters. The van der Waals surface area contributed by atoms with E-state index >= 15 is 0 Å². The molecule has 0 fully saturated rings. The first kappa shape index (κ1) is 15.8. The van der Waals surface area contributed by atoms with Crippen LogP contribution in [0.2, 0.25) is 0 Å². The molecule has 1 heterocycles. The van der Waals surface area contributed by atoms with Crippen LogP contribution in [0.3, 0.4) is 0 Å². The quantitative estimate of drug-likeness (QED) is 0.542. The predicted molar refractivity (Wildman–Crippen MR) is 91.3 cm³/mol. The third kappa shape index (κ3) is 3.14. The summed E-state index contributed by atoms with van der Waals surface area (Å²) >= 11 is 0.989. The highest BCUT2D eigenvalue weighted by Crippen LogP contribution is 2.30. The Morgan fingerprint density at radius 1 is 1.12 bits per heavy atom. The first-order valence-corrected chi connectivity index (χ1v) is 8.00. The van der Waals surface area contributed by atoms with E-state index in [0.29, 0.717) is 22.0 Å². The highest BCUT2D eigenvalue weighted by atomic mass is 32.1. The molecule has 4 nitrogen and oxygen atoms in total. The van der Waals surface area contributed by atoms with Crippen molar-refractivity contribution in [2.24, 2.45) is 0 Å². The van der Waals surface area contributed by atoms with Crippen LogP contribution in [-0.4, -0.2) is 6.61 Å². The van der Waals surface area contributed by atoms with Crippen molar-refractivity contribution in [3.63, 3.8) is 0 Å². The van der Waals surface area contributed by atoms with Crippen molar-refractivity contribution in [3.8, 4) is 40.2 Å². The minimum Gasteiger partial charge on any atom is -0.823 e. The summed E-state index contributed by atoms with van der Waals surface area (Å²) in [6.45, 7) is 0.105. The van der Waals surface area contributed by atoms with Gasteiger partial charge in [0, 0.05) is 12.1 Å². The Kier molecular flexibility index (Phi) is 4.59. The van der Waals surface area contributed by atoms with Crippen molar-refractivity contribution in [2.45, 2.75) is 0 Å². The van der Waals surface area contributed by atoms with Crippen molar-refractivity contribution in [3.05, 3.63) is 70.2 Å². The summed E-state index contributed by atoms with van der Waals surface area (Å²) in [6.07, 6.45) is 5.26. The summed E-state index contributed by atoms with van der Waals surface area (Å²) in [5.74, 6) is 2.56. The molecule has 5 heteroatoms. The molecular formula is C19H13NO3S. The normalized spacial score (nSPS) is 10.1. The summed E-state index contributed by atoms with van der Waals surface area (Å²) in [5, 5.41) is 13.0. The Labute approximate surface area is 143 Å². The highest BCUT2D eigenvalue weighted by Gasteiger charge is 2.22. The number of ether oxygens (including phenoxy) is 1. The Morgan fingerprint density at radius 3 is 2.58 bits per heavy atom. The lowest BCUT2D eigenvalue weighted by Crippen LogP contribution is -2.38. The molecule has 0 aliphatic rings. The average molecular weight is 335 g/mol. The van der Waals surface area contributed by atoms with Gasteiger partial charge in [-0.1, -0.05) is 36.3 Å². The smallest absolute Gasteiger partial charge is 0.281 e. The molecule has 24 heavy (non-hydrogen) atoms. The van der Waals surface area contributed by atoms with Crippen LogP contribution in [0.15, 0.2) is 65.5 Å². The van der Waals surface area contributed by atoms with Gasteiger partial charge in [-0.3, -0.25) is 4.79 Å². The zero-order valence-electron chi connectivity index (χ0n) is 12.6. The molecule has 2 aromatic carbocycles. The van der Waals surface area contributed by atoms with Gasteiger partial charge in [-0.05, 0) is 23.5 Å². The van der Waals surface area contributed by atoms with Gasteiger partial charge in [0.2, 0.25) is 10.4 Å². The van der Waals surface area contributed by atoms with Crippen LogP contribution >= 0.6 is 11.3 Å². The summed E-state index contributed by atoms with van der Waals surface area (Å²) in [4.78, 5) is 11.9. The fourth-order valence-corrected chi connectivity index (χ4v) is 3.24. The molecule has 0 radical (unpaired) electrons. The van der Waals surface area contributed by atoms with Crippen molar-refractivity contribution < 1.29 is 14.4 Å². The summed E-state index contributed by atoms with van der Waals surface area (Å²) in [5.41, 5.74) is 1.33. The van der Waals surface area contributed by atoms with Crippen LogP contribution in [0.5, 0.6) is 11.6 Å². The molecule has 0 spiro atoms. The maximum atomic E-state index is 12.5. The molecule has 0 bridgehead atoms. The number of nitrogens with zero attached hydrogens (tertiary/aromatic N) is 1. The number of terminal acetylenes is 1. The topological polar surface area (TPSA) is 53.2 Å². The second kappa shape index (κ2) is 6.99. The largest absolute Gasteiger partial charge is 0.823 e. The van der Waals surface area contributed by atoms with E-state index in [1.165, 1.54) is 4.57 Å². The van der Waals surface area contributed by atoms with E-state index in [-0.39, 0.29) is 17.2 Å². The number of hydrogen-bond donors (Lipinski definition) is 0. The molecule has 0 N–H and O–H groups in total. The molecule has 0 aliphatic carbocycles. The Morgan fingerprint density at radius 2 is 1.83 bits per heavy atom. The molecule has 0 aliphatic heterocycles. The zero-order chi connectivity index (χ0) is 16.9.